The van der Waals surface area contributed by atoms with Crippen LogP contribution < -0.4 is 24.8 Å². The van der Waals surface area contributed by atoms with Crippen molar-refractivity contribution in [1.29, 1.82) is 0 Å². The fourth-order valence-corrected chi connectivity index (χ4v) is 5.44. The fraction of sp³-hybridized carbons (Fsp3) is 0.533. The van der Waals surface area contributed by atoms with Crippen molar-refractivity contribution in [2.24, 2.45) is 0 Å². The molecule has 1 aliphatic heterocycles. The van der Waals surface area contributed by atoms with Crippen LogP contribution >= 0.6 is 0 Å². The third kappa shape index (κ3) is 11.1. The van der Waals surface area contributed by atoms with Gasteiger partial charge in [-0.05, 0) is 94.9 Å². The fourth-order valence-electron chi connectivity index (χ4n) is 5.44. The number of carbonyl (C=O) groups is 2. The molecule has 2 aromatic carbocycles. The first-order valence-corrected chi connectivity index (χ1v) is 14.6. The number of Topliss-reactive ketones (excluding diaryl/α,β-unsaturated/α-hetero) is 1. The van der Waals surface area contributed by atoms with E-state index < -0.39 is 30.3 Å². The number of carbonyl (C=O) groups excluding carboxylic acids is 2. The number of alkyl halides is 6. The number of amides is 2. The molecule has 2 amide bonds. The van der Waals surface area contributed by atoms with Crippen molar-refractivity contribution >= 4 is 17.5 Å². The highest BCUT2D eigenvalue weighted by Gasteiger charge is 2.33. The van der Waals surface area contributed by atoms with E-state index in [4.69, 9.17) is 4.74 Å². The van der Waals surface area contributed by atoms with E-state index in [1.165, 1.54) is 24.6 Å². The summed E-state index contributed by atoms with van der Waals surface area (Å²) in [6.45, 7) is 2.68. The van der Waals surface area contributed by atoms with Gasteiger partial charge in [0, 0.05) is 24.2 Å². The lowest BCUT2D eigenvalue weighted by atomic mass is 9.93. The Hall–Kier alpha value is -3.68. The number of ether oxygens (including phenoxy) is 3. The number of benzene rings is 2. The second-order valence-corrected chi connectivity index (χ2v) is 10.9. The summed E-state index contributed by atoms with van der Waals surface area (Å²) in [5, 5.41) is 5.26. The van der Waals surface area contributed by atoms with Crippen molar-refractivity contribution in [1.82, 2.24) is 10.2 Å². The van der Waals surface area contributed by atoms with E-state index in [0.29, 0.717) is 32.1 Å². The third-order valence-corrected chi connectivity index (χ3v) is 7.44. The largest absolute Gasteiger partial charge is 0.573 e. The second-order valence-electron chi connectivity index (χ2n) is 10.9. The molecule has 14 heteroatoms. The number of nitrogens with zero attached hydrogens (tertiary/aromatic N) is 1. The van der Waals surface area contributed by atoms with E-state index in [2.05, 4.69) is 25.0 Å². The lowest BCUT2D eigenvalue weighted by Crippen LogP contribution is -2.41. The summed E-state index contributed by atoms with van der Waals surface area (Å²) in [6.07, 6.45) is -4.00. The summed E-state index contributed by atoms with van der Waals surface area (Å²) >= 11 is 0. The quantitative estimate of drug-likeness (QED) is 0.198. The Bertz CT molecular complexity index is 1260. The number of hydrogen-bond donors (Lipinski definition) is 2. The average molecular weight is 632 g/mol. The predicted octanol–water partition coefficient (Wildman–Crippen LogP) is 7.44. The molecule has 1 saturated heterocycles. The zero-order chi connectivity index (χ0) is 31.7. The number of piperidine rings is 1. The van der Waals surface area contributed by atoms with Gasteiger partial charge in [0.15, 0.2) is 5.78 Å². The molecule has 2 aromatic rings. The first kappa shape index (κ1) is 33.2. The molecule has 2 fully saturated rings. The van der Waals surface area contributed by atoms with Crippen LogP contribution in [0.25, 0.3) is 0 Å². The molecule has 242 valence electrons. The molecule has 4 rings (SSSR count). The van der Waals surface area contributed by atoms with Gasteiger partial charge in [-0.25, -0.2) is 4.79 Å². The van der Waals surface area contributed by atoms with Crippen molar-refractivity contribution < 1.29 is 50.1 Å². The molecule has 44 heavy (non-hydrogen) atoms. The van der Waals surface area contributed by atoms with Crippen LogP contribution in [0, 0.1) is 0 Å². The van der Waals surface area contributed by atoms with Crippen molar-refractivity contribution in [3.8, 4) is 17.2 Å². The van der Waals surface area contributed by atoms with Gasteiger partial charge in [0.2, 0.25) is 0 Å². The Kier molecular flexibility index (Phi) is 11.2. The number of urea groups is 1. The maximum absolute atomic E-state index is 13.1. The molecule has 0 aromatic heterocycles. The van der Waals surface area contributed by atoms with E-state index in [1.54, 1.807) is 0 Å². The normalized spacial score (nSPS) is 19.6. The summed E-state index contributed by atoms with van der Waals surface area (Å²) in [5.41, 5.74) is 0.147. The van der Waals surface area contributed by atoms with Gasteiger partial charge in [0.05, 0.1) is 11.7 Å². The van der Waals surface area contributed by atoms with Crippen LogP contribution in [0.15, 0.2) is 42.5 Å². The highest BCUT2D eigenvalue weighted by molar-refractivity contribution is 5.99. The number of nitrogens with one attached hydrogen (secondary N) is 2. The van der Waals surface area contributed by atoms with Crippen molar-refractivity contribution in [3.63, 3.8) is 0 Å². The van der Waals surface area contributed by atoms with Crippen molar-refractivity contribution in [2.45, 2.75) is 82.7 Å². The van der Waals surface area contributed by atoms with Crippen LogP contribution in [0.5, 0.6) is 17.2 Å². The van der Waals surface area contributed by atoms with Gasteiger partial charge < -0.3 is 29.7 Å². The first-order valence-electron chi connectivity index (χ1n) is 14.6. The van der Waals surface area contributed by atoms with E-state index in [9.17, 15) is 35.9 Å². The molecule has 1 aliphatic carbocycles. The number of likely N-dealkylation sites (tertiary alicyclic amines) is 1. The zero-order valence-corrected chi connectivity index (χ0v) is 23.9. The lowest BCUT2D eigenvalue weighted by molar-refractivity contribution is -0.275. The lowest BCUT2D eigenvalue weighted by Gasteiger charge is -2.30. The van der Waals surface area contributed by atoms with Crippen LogP contribution in [0.3, 0.4) is 0 Å². The molecule has 0 unspecified atom stereocenters. The summed E-state index contributed by atoms with van der Waals surface area (Å²) in [7, 11) is 0. The Morgan fingerprint density at radius 2 is 1.50 bits per heavy atom. The van der Waals surface area contributed by atoms with E-state index in [-0.39, 0.29) is 41.4 Å². The van der Waals surface area contributed by atoms with Gasteiger partial charge in [-0.2, -0.15) is 0 Å². The molecular formula is C30H35F6N3O5. The molecule has 1 heterocycles. The number of ketones is 1. The molecule has 0 atom stereocenters. The monoisotopic (exact) mass is 631 g/mol. The van der Waals surface area contributed by atoms with Gasteiger partial charge in [0.25, 0.3) is 0 Å². The average Bonchev–Trinajstić information content (AvgIpc) is 2.94. The van der Waals surface area contributed by atoms with Gasteiger partial charge in [-0.15, -0.1) is 26.3 Å². The smallest absolute Gasteiger partial charge is 0.490 e. The molecule has 0 radical (unpaired) electrons. The van der Waals surface area contributed by atoms with Gasteiger partial charge >= 0.3 is 18.8 Å². The minimum absolute atomic E-state index is 0.0294. The van der Waals surface area contributed by atoms with E-state index in [0.717, 1.165) is 56.7 Å². The van der Waals surface area contributed by atoms with Crippen molar-refractivity contribution in [3.05, 3.63) is 48.0 Å². The van der Waals surface area contributed by atoms with Crippen molar-refractivity contribution in [2.75, 3.05) is 25.0 Å². The van der Waals surface area contributed by atoms with E-state index in [1.807, 2.05) is 0 Å². The summed E-state index contributed by atoms with van der Waals surface area (Å²) < 4.78 is 90.0. The number of anilines is 1. The third-order valence-electron chi connectivity index (χ3n) is 7.44. The molecule has 2 aliphatic rings. The maximum Gasteiger partial charge on any atom is 0.573 e. The summed E-state index contributed by atoms with van der Waals surface area (Å²) in [4.78, 5) is 27.8. The summed E-state index contributed by atoms with van der Waals surface area (Å²) in [5.74, 6) is -1.12. The Morgan fingerprint density at radius 1 is 0.841 bits per heavy atom. The minimum atomic E-state index is -4.91. The molecular weight excluding hydrogens is 596 g/mol. The van der Waals surface area contributed by atoms with Crippen LogP contribution in [-0.2, 0) is 0 Å². The Balaban J connectivity index is 1.30. The topological polar surface area (TPSA) is 89.1 Å². The molecule has 0 spiro atoms. The molecule has 0 bridgehead atoms. The van der Waals surface area contributed by atoms with Gasteiger partial charge in [0.1, 0.15) is 17.2 Å². The maximum atomic E-state index is 13.1. The van der Waals surface area contributed by atoms with Crippen LogP contribution in [-0.4, -0.2) is 61.2 Å². The number of halogens is 6. The molecule has 2 N–H and O–H groups in total. The van der Waals surface area contributed by atoms with Gasteiger partial charge in [-0.3, -0.25) is 4.79 Å². The number of hydrogen-bond acceptors (Lipinski definition) is 6. The highest BCUT2D eigenvalue weighted by Crippen LogP contribution is 2.33. The highest BCUT2D eigenvalue weighted by atomic mass is 19.4. The minimum Gasteiger partial charge on any atom is -0.490 e. The van der Waals surface area contributed by atoms with Crippen LogP contribution in [0.2, 0.25) is 0 Å². The first-order chi connectivity index (χ1) is 20.8. The SMILES string of the molecule is O=C(Nc1cccc(OC(F)(F)F)c1)NC1CCC(Oc2ccc(OC(F)(F)F)cc2C(=O)CCCN2CCCCC2)CC1. The zero-order valence-electron chi connectivity index (χ0n) is 23.9. The Labute approximate surface area is 251 Å². The second kappa shape index (κ2) is 14.9. The number of rotatable bonds is 11. The molecule has 8 nitrogen and oxygen atoms in total. The van der Waals surface area contributed by atoms with Gasteiger partial charge in [-0.1, -0.05) is 12.5 Å². The van der Waals surface area contributed by atoms with E-state index >= 15 is 0 Å². The van der Waals surface area contributed by atoms with Crippen LogP contribution in [0.4, 0.5) is 36.8 Å². The van der Waals surface area contributed by atoms with Crippen LogP contribution in [0.1, 0.15) is 68.1 Å². The standard InChI is InChI=1S/C30H35F6N3O5/c31-29(32,33)43-23-7-4-6-21(18-23)38-28(41)37-20-9-11-22(12-10-20)42-27-14-13-24(44-30(34,35)36)19-25(27)26(40)8-5-17-39-15-2-1-3-16-39/h4,6-7,13-14,18-20,22H,1-3,5,8-12,15-17H2,(H2,37,38,41). The predicted molar refractivity (Wildman–Crippen MR) is 149 cm³/mol. The molecule has 1 saturated carbocycles. The summed E-state index contributed by atoms with van der Waals surface area (Å²) in [6, 6.07) is 7.54. The Morgan fingerprint density at radius 3 is 2.16 bits per heavy atom.